The summed E-state index contributed by atoms with van der Waals surface area (Å²) in [5, 5.41) is 3.56. The largest absolute Gasteiger partial charge is 0.497 e. The van der Waals surface area contributed by atoms with Gasteiger partial charge in [0.1, 0.15) is 17.2 Å². The van der Waals surface area contributed by atoms with Gasteiger partial charge < -0.3 is 15.0 Å². The van der Waals surface area contributed by atoms with Crippen molar-refractivity contribution in [1.29, 1.82) is 0 Å². The number of halogens is 1. The summed E-state index contributed by atoms with van der Waals surface area (Å²) in [7, 11) is 1.55. The molecular weight excluding hydrogens is 548 g/mol. The number of benzene rings is 4. The lowest BCUT2D eigenvalue weighted by Gasteiger charge is -2.39. The first-order valence-corrected chi connectivity index (χ1v) is 14.2. The number of ketones is 2. The molecule has 0 radical (unpaired) electrons. The maximum absolute atomic E-state index is 14.8. The van der Waals surface area contributed by atoms with E-state index in [2.05, 4.69) is 5.32 Å². The quantitative estimate of drug-likeness (QED) is 0.272. The summed E-state index contributed by atoms with van der Waals surface area (Å²) in [4.78, 5) is 46.1. The van der Waals surface area contributed by atoms with Crippen molar-refractivity contribution in [3.05, 3.63) is 130 Å². The topological polar surface area (TPSA) is 75.7 Å². The summed E-state index contributed by atoms with van der Waals surface area (Å²) in [5.41, 5.74) is 3.53. The first-order valence-electron chi connectivity index (χ1n) is 13.8. The van der Waals surface area contributed by atoms with Gasteiger partial charge in [0.25, 0.3) is 0 Å². The van der Waals surface area contributed by atoms with Gasteiger partial charge in [-0.05, 0) is 66.6 Å². The molecule has 7 heteroatoms. The van der Waals surface area contributed by atoms with Crippen molar-refractivity contribution < 1.29 is 19.1 Å². The predicted octanol–water partition coefficient (Wildman–Crippen LogP) is 6.59. The van der Waals surface area contributed by atoms with Crippen molar-refractivity contribution in [1.82, 2.24) is 0 Å². The lowest BCUT2D eigenvalue weighted by atomic mass is 9.64. The Morgan fingerprint density at radius 1 is 0.881 bits per heavy atom. The van der Waals surface area contributed by atoms with Crippen molar-refractivity contribution in [2.24, 2.45) is 5.92 Å². The van der Waals surface area contributed by atoms with E-state index in [1.807, 2.05) is 66.4 Å². The van der Waals surface area contributed by atoms with E-state index in [-0.39, 0.29) is 17.5 Å². The van der Waals surface area contributed by atoms with Gasteiger partial charge in [0.2, 0.25) is 5.91 Å². The Balaban J connectivity index is 1.55. The minimum absolute atomic E-state index is 0.261. The van der Waals surface area contributed by atoms with Crippen molar-refractivity contribution in [3.63, 3.8) is 0 Å². The SMILES string of the molecule is COc1cccc(C(=O)[C@@H]2[C@H](C(=O)c3ccc(Cl)cc3)[C@]3(C(=O)Nc4ccccc43)[C@H]3C=C(C)c4ccccc4N23)c1. The van der Waals surface area contributed by atoms with Gasteiger partial charge in [0, 0.05) is 33.1 Å². The third-order valence-electron chi connectivity index (χ3n) is 8.92. The number of allylic oxidation sites excluding steroid dienone is 1. The Hall–Kier alpha value is -4.68. The second kappa shape index (κ2) is 9.71. The van der Waals surface area contributed by atoms with E-state index in [1.54, 1.807) is 55.6 Å². The zero-order chi connectivity index (χ0) is 29.2. The monoisotopic (exact) mass is 574 g/mol. The van der Waals surface area contributed by atoms with Crippen LogP contribution in [0.1, 0.15) is 38.8 Å². The molecule has 0 bridgehead atoms. The van der Waals surface area contributed by atoms with Crippen LogP contribution in [0.25, 0.3) is 5.57 Å². The molecule has 42 heavy (non-hydrogen) atoms. The fourth-order valence-corrected chi connectivity index (χ4v) is 7.25. The van der Waals surface area contributed by atoms with Crippen LogP contribution in [0.3, 0.4) is 0 Å². The van der Waals surface area contributed by atoms with Crippen molar-refractivity contribution >= 4 is 46.0 Å². The van der Waals surface area contributed by atoms with Crippen LogP contribution in [0.2, 0.25) is 5.02 Å². The molecule has 7 rings (SSSR count). The molecule has 1 spiro atoms. The average Bonchev–Trinajstić information content (AvgIpc) is 3.49. The fraction of sp³-hybridized carbons (Fsp3) is 0.171. The van der Waals surface area contributed by atoms with Crippen LogP contribution >= 0.6 is 11.6 Å². The molecule has 208 valence electrons. The van der Waals surface area contributed by atoms with E-state index in [9.17, 15) is 14.4 Å². The molecule has 1 amide bonds. The predicted molar refractivity (Wildman–Crippen MR) is 163 cm³/mol. The number of hydrogen-bond donors (Lipinski definition) is 1. The van der Waals surface area contributed by atoms with Gasteiger partial charge in [0.15, 0.2) is 11.6 Å². The zero-order valence-corrected chi connectivity index (χ0v) is 23.8. The van der Waals surface area contributed by atoms with Gasteiger partial charge in [0.05, 0.1) is 19.1 Å². The van der Waals surface area contributed by atoms with E-state index in [0.29, 0.717) is 33.1 Å². The van der Waals surface area contributed by atoms with Gasteiger partial charge in [-0.2, -0.15) is 0 Å². The molecule has 0 aromatic heterocycles. The van der Waals surface area contributed by atoms with Crippen molar-refractivity contribution in [2.45, 2.75) is 24.4 Å². The molecule has 4 atom stereocenters. The number of anilines is 2. The summed E-state index contributed by atoms with van der Waals surface area (Å²) < 4.78 is 5.44. The van der Waals surface area contributed by atoms with Crippen LogP contribution < -0.4 is 15.0 Å². The lowest BCUT2D eigenvalue weighted by Crippen LogP contribution is -2.51. The number of para-hydroxylation sites is 2. The molecule has 6 nitrogen and oxygen atoms in total. The number of hydrogen-bond acceptors (Lipinski definition) is 5. The van der Waals surface area contributed by atoms with Crippen LogP contribution in [0.4, 0.5) is 11.4 Å². The van der Waals surface area contributed by atoms with Crippen LogP contribution in [-0.2, 0) is 10.2 Å². The number of rotatable bonds is 5. The van der Waals surface area contributed by atoms with Gasteiger partial charge in [-0.1, -0.05) is 66.2 Å². The van der Waals surface area contributed by atoms with E-state index in [4.69, 9.17) is 16.3 Å². The Labute approximate surface area is 248 Å². The maximum Gasteiger partial charge on any atom is 0.238 e. The number of nitrogens with zero attached hydrogens (tertiary/aromatic N) is 1. The highest BCUT2D eigenvalue weighted by Crippen LogP contribution is 2.58. The first-order chi connectivity index (χ1) is 20.4. The van der Waals surface area contributed by atoms with Crippen LogP contribution in [0.15, 0.2) is 103 Å². The fourth-order valence-electron chi connectivity index (χ4n) is 7.13. The smallest absolute Gasteiger partial charge is 0.238 e. The van der Waals surface area contributed by atoms with E-state index < -0.39 is 23.4 Å². The third-order valence-corrected chi connectivity index (χ3v) is 9.17. The number of carbonyl (C=O) groups is 3. The van der Waals surface area contributed by atoms with Crippen molar-refractivity contribution in [3.8, 4) is 5.75 Å². The Morgan fingerprint density at radius 2 is 1.62 bits per heavy atom. The van der Waals surface area contributed by atoms with Crippen LogP contribution in [-0.4, -0.2) is 36.7 Å². The van der Waals surface area contributed by atoms with Crippen LogP contribution in [0, 0.1) is 5.92 Å². The molecule has 0 unspecified atom stereocenters. The van der Waals surface area contributed by atoms with Gasteiger partial charge in [-0.25, -0.2) is 0 Å². The summed E-state index contributed by atoms with van der Waals surface area (Å²) >= 11 is 6.19. The molecule has 1 saturated heterocycles. The van der Waals surface area contributed by atoms with E-state index in [0.717, 1.165) is 16.8 Å². The summed E-state index contributed by atoms with van der Waals surface area (Å²) in [6.45, 7) is 2.01. The number of Topliss-reactive ketones (excluding diaryl/α,β-unsaturated/α-hetero) is 2. The Kier molecular flexibility index (Phi) is 6.06. The second-order valence-electron chi connectivity index (χ2n) is 11.0. The summed E-state index contributed by atoms with van der Waals surface area (Å²) in [6, 6.07) is 27.3. The molecule has 3 aliphatic rings. The molecule has 1 N–H and O–H groups in total. The molecule has 0 saturated carbocycles. The molecular formula is C35H27ClN2O4. The normalized spacial score (nSPS) is 23.5. The highest BCUT2D eigenvalue weighted by Gasteiger charge is 2.70. The number of nitrogens with one attached hydrogen (secondary N) is 1. The highest BCUT2D eigenvalue weighted by atomic mass is 35.5. The van der Waals surface area contributed by atoms with Crippen molar-refractivity contribution in [2.75, 3.05) is 17.3 Å². The van der Waals surface area contributed by atoms with Gasteiger partial charge in [-0.3, -0.25) is 14.4 Å². The minimum Gasteiger partial charge on any atom is -0.497 e. The Morgan fingerprint density at radius 3 is 2.40 bits per heavy atom. The van der Waals surface area contributed by atoms with E-state index in [1.165, 1.54) is 0 Å². The average molecular weight is 575 g/mol. The zero-order valence-electron chi connectivity index (χ0n) is 23.0. The molecule has 1 fully saturated rings. The third kappa shape index (κ3) is 3.61. The summed E-state index contributed by atoms with van der Waals surface area (Å²) in [5.74, 6) is -1.37. The number of amides is 1. The number of methoxy groups -OCH3 is 1. The van der Waals surface area contributed by atoms with Gasteiger partial charge in [-0.15, -0.1) is 0 Å². The number of ether oxygens (including phenoxy) is 1. The standard InChI is InChI=1S/C35H27ClN2O4/c1-20-18-29-35(26-11-4-5-12-27(26)37-34(35)41)30(32(39)21-14-16-23(36)17-15-21)31(38(29)28-13-6-3-10-25(20)28)33(40)22-8-7-9-24(19-22)42-2/h3-19,29-31H,1-2H3,(H,37,41)/t29-,30-,31+,35-/m1/s1. The molecule has 4 aromatic carbocycles. The molecule has 4 aromatic rings. The lowest BCUT2D eigenvalue weighted by molar-refractivity contribution is -0.121. The Bertz CT molecular complexity index is 1810. The molecule has 0 aliphatic carbocycles. The maximum atomic E-state index is 14.8. The second-order valence-corrected chi connectivity index (χ2v) is 11.4. The number of fused-ring (bicyclic) bond motifs is 6. The summed E-state index contributed by atoms with van der Waals surface area (Å²) in [6.07, 6.45) is 2.05. The van der Waals surface area contributed by atoms with Crippen LogP contribution in [0.5, 0.6) is 5.75 Å². The van der Waals surface area contributed by atoms with E-state index >= 15 is 0 Å². The number of carbonyl (C=O) groups excluding carboxylic acids is 3. The minimum atomic E-state index is -1.37. The van der Waals surface area contributed by atoms with Gasteiger partial charge >= 0.3 is 0 Å². The highest BCUT2D eigenvalue weighted by molar-refractivity contribution is 6.30. The molecule has 3 aliphatic heterocycles. The molecule has 3 heterocycles. The first kappa shape index (κ1) is 26.2.